The number of ketones is 1. The van der Waals surface area contributed by atoms with Crippen molar-refractivity contribution in [3.63, 3.8) is 0 Å². The number of ether oxygens (including phenoxy) is 2. The van der Waals surface area contributed by atoms with E-state index in [2.05, 4.69) is 5.32 Å². The van der Waals surface area contributed by atoms with Gasteiger partial charge in [-0.05, 0) is 37.8 Å². The Morgan fingerprint density at radius 2 is 1.81 bits per heavy atom. The van der Waals surface area contributed by atoms with Gasteiger partial charge in [0.25, 0.3) is 0 Å². The van der Waals surface area contributed by atoms with Crippen LogP contribution < -0.4 is 10.1 Å². The van der Waals surface area contributed by atoms with Gasteiger partial charge >= 0.3 is 5.97 Å². The minimum Gasteiger partial charge on any atom is -0.489 e. The molecule has 166 valence electrons. The number of dihydropyridines is 1. The molecule has 0 spiro atoms. The average Bonchev–Trinajstić information content (AvgIpc) is 2.81. The molecule has 0 fully saturated rings. The molecule has 5 heteroatoms. The summed E-state index contributed by atoms with van der Waals surface area (Å²) in [5.74, 6) is -0.142. The first kappa shape index (κ1) is 21.9. The van der Waals surface area contributed by atoms with E-state index in [4.69, 9.17) is 9.47 Å². The van der Waals surface area contributed by atoms with Gasteiger partial charge in [-0.15, -0.1) is 0 Å². The van der Waals surface area contributed by atoms with Crippen molar-refractivity contribution in [2.24, 2.45) is 0 Å². The Morgan fingerprint density at radius 1 is 1.06 bits per heavy atom. The summed E-state index contributed by atoms with van der Waals surface area (Å²) in [4.78, 5) is 26.2. The SMILES string of the molecule is CCCOC(=O)C1=C(C)NC2=C(C(=O)CCC2)[C@@H]1c1ccccc1OCc1ccccc1. The van der Waals surface area contributed by atoms with Crippen LogP contribution in [0.25, 0.3) is 0 Å². The lowest BCUT2D eigenvalue weighted by Crippen LogP contribution is -2.34. The molecule has 1 atom stereocenters. The Morgan fingerprint density at radius 3 is 2.59 bits per heavy atom. The third-order valence-electron chi connectivity index (χ3n) is 5.90. The van der Waals surface area contributed by atoms with E-state index in [9.17, 15) is 9.59 Å². The lowest BCUT2D eigenvalue weighted by Gasteiger charge is -2.34. The van der Waals surface area contributed by atoms with E-state index in [1.165, 1.54) is 0 Å². The van der Waals surface area contributed by atoms with Crippen molar-refractivity contribution in [1.29, 1.82) is 0 Å². The Hall–Kier alpha value is -3.34. The number of allylic oxidation sites excluding steroid dienone is 3. The molecule has 1 heterocycles. The molecule has 0 amide bonds. The fourth-order valence-corrected chi connectivity index (χ4v) is 4.42. The highest BCUT2D eigenvalue weighted by Crippen LogP contribution is 2.45. The van der Waals surface area contributed by atoms with E-state index in [0.29, 0.717) is 36.5 Å². The van der Waals surface area contributed by atoms with Gasteiger partial charge in [0.15, 0.2) is 5.78 Å². The number of esters is 1. The van der Waals surface area contributed by atoms with Gasteiger partial charge in [-0.1, -0.05) is 55.5 Å². The van der Waals surface area contributed by atoms with Crippen molar-refractivity contribution in [2.45, 2.75) is 52.1 Å². The molecule has 2 aromatic carbocycles. The van der Waals surface area contributed by atoms with Crippen LogP contribution in [0.5, 0.6) is 5.75 Å². The van der Waals surface area contributed by atoms with Crippen molar-refractivity contribution >= 4 is 11.8 Å². The molecule has 1 aliphatic heterocycles. The summed E-state index contributed by atoms with van der Waals surface area (Å²) >= 11 is 0. The Balaban J connectivity index is 1.76. The van der Waals surface area contributed by atoms with Crippen LogP contribution in [0.2, 0.25) is 0 Å². The van der Waals surface area contributed by atoms with E-state index in [0.717, 1.165) is 41.8 Å². The van der Waals surface area contributed by atoms with Crippen molar-refractivity contribution < 1.29 is 19.1 Å². The maximum absolute atomic E-state index is 13.1. The highest BCUT2D eigenvalue weighted by Gasteiger charge is 2.40. The van der Waals surface area contributed by atoms with Crippen LogP contribution in [-0.4, -0.2) is 18.4 Å². The molecule has 0 unspecified atom stereocenters. The molecule has 32 heavy (non-hydrogen) atoms. The summed E-state index contributed by atoms with van der Waals surface area (Å²) in [6.07, 6.45) is 2.83. The van der Waals surface area contributed by atoms with Crippen LogP contribution in [-0.2, 0) is 20.9 Å². The molecule has 2 aromatic rings. The summed E-state index contributed by atoms with van der Waals surface area (Å²) in [6, 6.07) is 17.6. The molecule has 1 N–H and O–H groups in total. The molecule has 0 bridgehead atoms. The highest BCUT2D eigenvalue weighted by molar-refractivity contribution is 6.04. The van der Waals surface area contributed by atoms with Crippen molar-refractivity contribution in [3.05, 3.63) is 88.3 Å². The van der Waals surface area contributed by atoms with E-state index in [1.807, 2.05) is 68.4 Å². The van der Waals surface area contributed by atoms with Crippen LogP contribution in [0.4, 0.5) is 0 Å². The third-order valence-corrected chi connectivity index (χ3v) is 5.90. The molecule has 2 aliphatic rings. The number of Topliss-reactive ketones (excluding diaryl/α,β-unsaturated/α-hetero) is 1. The van der Waals surface area contributed by atoms with Gasteiger partial charge in [0, 0.05) is 29.0 Å². The van der Waals surface area contributed by atoms with Gasteiger partial charge < -0.3 is 14.8 Å². The molecule has 0 radical (unpaired) electrons. The smallest absolute Gasteiger partial charge is 0.336 e. The maximum atomic E-state index is 13.1. The molecule has 5 nitrogen and oxygen atoms in total. The van der Waals surface area contributed by atoms with Crippen molar-refractivity contribution in [1.82, 2.24) is 5.32 Å². The zero-order valence-corrected chi connectivity index (χ0v) is 18.6. The summed E-state index contributed by atoms with van der Waals surface area (Å²) in [5.41, 5.74) is 4.67. The number of para-hydroxylation sites is 1. The van der Waals surface area contributed by atoms with E-state index < -0.39 is 5.92 Å². The fourth-order valence-electron chi connectivity index (χ4n) is 4.42. The highest BCUT2D eigenvalue weighted by atomic mass is 16.5. The van der Waals surface area contributed by atoms with Gasteiger partial charge in [0.1, 0.15) is 12.4 Å². The minimum atomic E-state index is -0.504. The molecule has 0 aromatic heterocycles. The first-order chi connectivity index (χ1) is 15.6. The molecule has 4 rings (SSSR count). The number of carbonyl (C=O) groups excluding carboxylic acids is 2. The number of hydrogen-bond acceptors (Lipinski definition) is 5. The standard InChI is InChI=1S/C27H29NO4/c1-3-16-31-27(30)24-18(2)28-21-13-9-14-22(29)26(21)25(24)20-12-7-8-15-23(20)32-17-19-10-5-4-6-11-19/h4-8,10-12,15,25,28H,3,9,13-14,16-17H2,1-2H3/t25-/m1/s1. The number of hydrogen-bond donors (Lipinski definition) is 1. The summed E-state index contributed by atoms with van der Waals surface area (Å²) < 4.78 is 11.7. The van der Waals surface area contributed by atoms with E-state index >= 15 is 0 Å². The average molecular weight is 432 g/mol. The van der Waals surface area contributed by atoms with E-state index in [-0.39, 0.29) is 11.8 Å². The first-order valence-electron chi connectivity index (χ1n) is 11.3. The largest absolute Gasteiger partial charge is 0.489 e. The quantitative estimate of drug-likeness (QED) is 0.612. The van der Waals surface area contributed by atoms with Gasteiger partial charge in [-0.2, -0.15) is 0 Å². The molecular weight excluding hydrogens is 402 g/mol. The summed E-state index contributed by atoms with van der Waals surface area (Å²) in [6.45, 7) is 4.59. The monoisotopic (exact) mass is 431 g/mol. The zero-order chi connectivity index (χ0) is 22.5. The maximum Gasteiger partial charge on any atom is 0.336 e. The van der Waals surface area contributed by atoms with Gasteiger partial charge in [0.05, 0.1) is 18.1 Å². The Labute approximate surface area is 189 Å². The summed E-state index contributed by atoms with van der Waals surface area (Å²) in [7, 11) is 0. The third kappa shape index (κ3) is 4.47. The van der Waals surface area contributed by atoms with Crippen molar-refractivity contribution in [3.8, 4) is 5.75 Å². The summed E-state index contributed by atoms with van der Waals surface area (Å²) in [5, 5.41) is 3.33. The van der Waals surface area contributed by atoms with Gasteiger partial charge in [-0.3, -0.25) is 4.79 Å². The second kappa shape index (κ2) is 9.86. The molecule has 0 saturated carbocycles. The van der Waals surface area contributed by atoms with E-state index in [1.54, 1.807) is 0 Å². The van der Waals surface area contributed by atoms with Crippen LogP contribution in [0.1, 0.15) is 56.6 Å². The molecular formula is C27H29NO4. The van der Waals surface area contributed by atoms with Crippen molar-refractivity contribution in [2.75, 3.05) is 6.61 Å². The van der Waals surface area contributed by atoms with Gasteiger partial charge in [0.2, 0.25) is 0 Å². The van der Waals surface area contributed by atoms with Crippen LogP contribution in [0, 0.1) is 0 Å². The Kier molecular flexibility index (Phi) is 6.74. The molecule has 1 aliphatic carbocycles. The number of carbonyl (C=O) groups is 2. The first-order valence-corrected chi connectivity index (χ1v) is 11.3. The van der Waals surface area contributed by atoms with Crippen LogP contribution in [0.15, 0.2) is 77.1 Å². The van der Waals surface area contributed by atoms with Gasteiger partial charge in [-0.25, -0.2) is 4.79 Å². The lowest BCUT2D eigenvalue weighted by atomic mass is 9.75. The predicted octanol–water partition coefficient (Wildman–Crippen LogP) is 5.19. The fraction of sp³-hybridized carbons (Fsp3) is 0.333. The van der Waals surface area contributed by atoms with Crippen LogP contribution >= 0.6 is 0 Å². The lowest BCUT2D eigenvalue weighted by molar-refractivity contribution is -0.139. The second-order valence-corrected chi connectivity index (χ2v) is 8.21. The zero-order valence-electron chi connectivity index (χ0n) is 18.6. The predicted molar refractivity (Wildman–Crippen MR) is 123 cm³/mol. The normalized spacial score (nSPS) is 18.2. The molecule has 0 saturated heterocycles. The minimum absolute atomic E-state index is 0.0786. The number of nitrogens with one attached hydrogen (secondary N) is 1. The number of rotatable bonds is 7. The van der Waals surface area contributed by atoms with Crippen LogP contribution in [0.3, 0.4) is 0 Å². The topological polar surface area (TPSA) is 64.6 Å². The second-order valence-electron chi connectivity index (χ2n) is 8.21. The number of benzene rings is 2. The Bertz CT molecular complexity index is 1070.